The topological polar surface area (TPSA) is 43.1 Å². The van der Waals surface area contributed by atoms with Crippen molar-refractivity contribution < 1.29 is 4.79 Å². The van der Waals surface area contributed by atoms with Crippen molar-refractivity contribution in [2.75, 3.05) is 6.54 Å². The van der Waals surface area contributed by atoms with E-state index in [1.54, 1.807) is 0 Å². The second kappa shape index (κ2) is 5.99. The number of rotatable bonds is 5. The largest absolute Gasteiger partial charge is 0.330 e. The smallest absolute Gasteiger partial charge is 0.133 e. The summed E-state index contributed by atoms with van der Waals surface area (Å²) in [6, 6.07) is 0. The number of nitrogens with two attached hydrogens (primary N) is 1. The molecular weight excluding hydrogens is 210 g/mol. The van der Waals surface area contributed by atoms with Gasteiger partial charge in [-0.25, -0.2) is 0 Å². The van der Waals surface area contributed by atoms with Gasteiger partial charge in [0.1, 0.15) is 5.78 Å². The minimum absolute atomic E-state index is 0.175. The molecule has 2 aliphatic rings. The zero-order chi connectivity index (χ0) is 12.1. The fourth-order valence-corrected chi connectivity index (χ4v) is 3.78. The summed E-state index contributed by atoms with van der Waals surface area (Å²) in [5, 5.41) is 0. The molecule has 0 amide bonds. The van der Waals surface area contributed by atoms with Gasteiger partial charge in [-0.05, 0) is 30.7 Å². The molecule has 0 saturated heterocycles. The highest BCUT2D eigenvalue weighted by Gasteiger charge is 2.33. The van der Waals surface area contributed by atoms with Gasteiger partial charge in [-0.2, -0.15) is 0 Å². The summed E-state index contributed by atoms with van der Waals surface area (Å²) < 4.78 is 0. The van der Waals surface area contributed by atoms with Crippen LogP contribution in [-0.2, 0) is 4.79 Å². The maximum atomic E-state index is 12.2. The molecule has 0 unspecified atom stereocenters. The predicted octanol–water partition coefficient (Wildman–Crippen LogP) is 3.44. The fraction of sp³-hybridized carbons (Fsp3) is 0.933. The summed E-state index contributed by atoms with van der Waals surface area (Å²) in [6.45, 7) is 0.712. The van der Waals surface area contributed by atoms with Gasteiger partial charge in [0.05, 0.1) is 0 Å². The number of hydrogen-bond acceptors (Lipinski definition) is 2. The van der Waals surface area contributed by atoms with Crippen molar-refractivity contribution in [2.24, 2.45) is 17.1 Å². The van der Waals surface area contributed by atoms with Gasteiger partial charge >= 0.3 is 0 Å². The molecule has 2 saturated carbocycles. The van der Waals surface area contributed by atoms with Crippen molar-refractivity contribution in [3.05, 3.63) is 0 Å². The molecule has 0 aromatic carbocycles. The zero-order valence-corrected chi connectivity index (χ0v) is 11.0. The van der Waals surface area contributed by atoms with E-state index in [0.717, 1.165) is 12.8 Å². The van der Waals surface area contributed by atoms with Crippen molar-refractivity contribution in [3.63, 3.8) is 0 Å². The van der Waals surface area contributed by atoms with Gasteiger partial charge < -0.3 is 5.73 Å². The first-order chi connectivity index (χ1) is 8.24. The van der Waals surface area contributed by atoms with Gasteiger partial charge in [0, 0.05) is 12.8 Å². The molecule has 0 bridgehead atoms. The summed E-state index contributed by atoms with van der Waals surface area (Å²) in [5.41, 5.74) is 6.12. The molecule has 0 radical (unpaired) electrons. The van der Waals surface area contributed by atoms with Crippen LogP contribution < -0.4 is 5.73 Å². The van der Waals surface area contributed by atoms with E-state index in [1.165, 1.54) is 57.8 Å². The quantitative estimate of drug-likeness (QED) is 0.796. The fourth-order valence-electron chi connectivity index (χ4n) is 3.78. The molecule has 2 aliphatic carbocycles. The number of Topliss-reactive ketones (excluding diaryl/α,β-unsaturated/α-hetero) is 1. The third-order valence-electron chi connectivity index (χ3n) is 4.91. The Morgan fingerprint density at radius 3 is 2.29 bits per heavy atom. The standard InChI is InChI=1S/C15H27NO/c16-12-15(8-4-1-5-9-15)11-14(17)10-13-6-2-3-7-13/h13H,1-12,16H2. The Hall–Kier alpha value is -0.370. The third-order valence-corrected chi connectivity index (χ3v) is 4.91. The monoisotopic (exact) mass is 237 g/mol. The number of hydrogen-bond donors (Lipinski definition) is 1. The van der Waals surface area contributed by atoms with Crippen LogP contribution in [-0.4, -0.2) is 12.3 Å². The summed E-state index contributed by atoms with van der Waals surface area (Å²) in [7, 11) is 0. The summed E-state index contributed by atoms with van der Waals surface area (Å²) in [5.74, 6) is 1.19. The number of carbonyl (C=O) groups is 1. The SMILES string of the molecule is NCC1(CC(=O)CC2CCCC2)CCCCC1. The lowest BCUT2D eigenvalue weighted by Crippen LogP contribution is -2.35. The van der Waals surface area contributed by atoms with Gasteiger partial charge in [0.15, 0.2) is 0 Å². The van der Waals surface area contributed by atoms with Crippen molar-refractivity contribution in [1.82, 2.24) is 0 Å². The highest BCUT2D eigenvalue weighted by Crippen LogP contribution is 2.39. The van der Waals surface area contributed by atoms with Gasteiger partial charge in [0.2, 0.25) is 0 Å². The molecule has 0 heterocycles. The Morgan fingerprint density at radius 1 is 1.06 bits per heavy atom. The lowest BCUT2D eigenvalue weighted by molar-refractivity contribution is -0.122. The Morgan fingerprint density at radius 2 is 1.71 bits per heavy atom. The van der Waals surface area contributed by atoms with E-state index in [1.807, 2.05) is 0 Å². The molecule has 2 N–H and O–H groups in total. The molecule has 2 rings (SSSR count). The van der Waals surface area contributed by atoms with E-state index in [-0.39, 0.29) is 5.41 Å². The molecule has 98 valence electrons. The molecule has 2 heteroatoms. The first kappa shape index (κ1) is 13.1. The highest BCUT2D eigenvalue weighted by atomic mass is 16.1. The third kappa shape index (κ3) is 3.54. The Bertz CT molecular complexity index is 250. The zero-order valence-electron chi connectivity index (χ0n) is 11.0. The number of carbonyl (C=O) groups excluding carboxylic acids is 1. The second-order valence-electron chi connectivity index (χ2n) is 6.33. The van der Waals surface area contributed by atoms with Crippen LogP contribution in [0.3, 0.4) is 0 Å². The maximum absolute atomic E-state index is 12.2. The van der Waals surface area contributed by atoms with Gasteiger partial charge in [-0.1, -0.05) is 44.9 Å². The molecule has 0 aromatic heterocycles. The van der Waals surface area contributed by atoms with Crippen LogP contribution in [0.15, 0.2) is 0 Å². The lowest BCUT2D eigenvalue weighted by Gasteiger charge is -2.36. The van der Waals surface area contributed by atoms with Crippen molar-refractivity contribution >= 4 is 5.78 Å². The molecule has 0 aliphatic heterocycles. The van der Waals surface area contributed by atoms with E-state index in [4.69, 9.17) is 5.73 Å². The molecule has 2 fully saturated rings. The lowest BCUT2D eigenvalue weighted by atomic mass is 9.70. The van der Waals surface area contributed by atoms with Crippen LogP contribution in [0.1, 0.15) is 70.6 Å². The van der Waals surface area contributed by atoms with Gasteiger partial charge in [-0.3, -0.25) is 4.79 Å². The van der Waals surface area contributed by atoms with Crippen LogP contribution in [0.4, 0.5) is 0 Å². The van der Waals surface area contributed by atoms with E-state index >= 15 is 0 Å². The van der Waals surface area contributed by atoms with E-state index in [9.17, 15) is 4.79 Å². The summed E-state index contributed by atoms with van der Waals surface area (Å²) in [6.07, 6.45) is 13.1. The average Bonchev–Trinajstić information content (AvgIpc) is 2.83. The van der Waals surface area contributed by atoms with E-state index < -0.39 is 0 Å². The van der Waals surface area contributed by atoms with Crippen LogP contribution in [0.2, 0.25) is 0 Å². The first-order valence-electron chi connectivity index (χ1n) is 7.46. The molecule has 2 nitrogen and oxygen atoms in total. The van der Waals surface area contributed by atoms with Crippen molar-refractivity contribution in [1.29, 1.82) is 0 Å². The average molecular weight is 237 g/mol. The minimum Gasteiger partial charge on any atom is -0.330 e. The molecule has 0 atom stereocenters. The van der Waals surface area contributed by atoms with Gasteiger partial charge in [0.25, 0.3) is 0 Å². The summed E-state index contributed by atoms with van der Waals surface area (Å²) >= 11 is 0. The van der Waals surface area contributed by atoms with Crippen molar-refractivity contribution in [3.8, 4) is 0 Å². The molecular formula is C15H27NO. The number of ketones is 1. The predicted molar refractivity (Wildman–Crippen MR) is 70.8 cm³/mol. The van der Waals surface area contributed by atoms with Crippen LogP contribution >= 0.6 is 0 Å². The Balaban J connectivity index is 1.82. The maximum Gasteiger partial charge on any atom is 0.133 e. The molecule has 0 spiro atoms. The molecule has 0 aromatic rings. The Labute approximate surface area is 105 Å². The molecule has 17 heavy (non-hydrogen) atoms. The van der Waals surface area contributed by atoms with Crippen molar-refractivity contribution in [2.45, 2.75) is 70.6 Å². The van der Waals surface area contributed by atoms with Crippen LogP contribution in [0.5, 0.6) is 0 Å². The second-order valence-corrected chi connectivity index (χ2v) is 6.33. The van der Waals surface area contributed by atoms with Gasteiger partial charge in [-0.15, -0.1) is 0 Å². The minimum atomic E-state index is 0.175. The summed E-state index contributed by atoms with van der Waals surface area (Å²) in [4.78, 5) is 12.2. The van der Waals surface area contributed by atoms with Crippen LogP contribution in [0.25, 0.3) is 0 Å². The highest BCUT2D eigenvalue weighted by molar-refractivity contribution is 5.79. The van der Waals surface area contributed by atoms with E-state index in [2.05, 4.69) is 0 Å². The van der Waals surface area contributed by atoms with Crippen LogP contribution in [0, 0.1) is 11.3 Å². The Kier molecular flexibility index (Phi) is 4.61. The van der Waals surface area contributed by atoms with E-state index in [0.29, 0.717) is 18.2 Å². The normalized spacial score (nSPS) is 25.0. The first-order valence-corrected chi connectivity index (χ1v) is 7.46.